The maximum Gasteiger partial charge on any atom is 0.146 e. The molecule has 0 saturated carbocycles. The van der Waals surface area contributed by atoms with Gasteiger partial charge in [-0.05, 0) is 42.8 Å². The highest BCUT2D eigenvalue weighted by Crippen LogP contribution is 2.32. The second-order valence-corrected chi connectivity index (χ2v) is 4.40. The molecular weight excluding hydrogens is 253 g/mol. The topological polar surface area (TPSA) is 35.2 Å². The van der Waals surface area contributed by atoms with Crippen LogP contribution < -0.4 is 10.5 Å². The highest BCUT2D eigenvalue weighted by atomic mass is 35.5. The number of halogens is 2. The first kappa shape index (κ1) is 12.9. The first-order valence-electron chi connectivity index (χ1n) is 5.52. The van der Waals surface area contributed by atoms with Crippen LogP contribution in [0, 0.1) is 12.7 Å². The van der Waals surface area contributed by atoms with Crippen LogP contribution in [0.3, 0.4) is 0 Å². The standard InChI is InChI=1S/C14H13ClFNO/c1-9-2-4-12(15)14(6-9)18-13-5-3-11(16)7-10(13)8-17/h2-7H,8,17H2,1H3. The van der Waals surface area contributed by atoms with E-state index in [0.717, 1.165) is 5.56 Å². The van der Waals surface area contributed by atoms with E-state index in [-0.39, 0.29) is 12.4 Å². The quantitative estimate of drug-likeness (QED) is 0.909. The minimum Gasteiger partial charge on any atom is -0.455 e. The normalized spacial score (nSPS) is 10.4. The minimum atomic E-state index is -0.335. The lowest BCUT2D eigenvalue weighted by Crippen LogP contribution is -2.00. The van der Waals surface area contributed by atoms with Crippen molar-refractivity contribution < 1.29 is 9.13 Å². The molecule has 0 radical (unpaired) electrons. The van der Waals surface area contributed by atoms with Gasteiger partial charge >= 0.3 is 0 Å². The molecule has 0 aliphatic rings. The molecule has 0 amide bonds. The number of nitrogens with two attached hydrogens (primary N) is 1. The number of hydrogen-bond acceptors (Lipinski definition) is 2. The van der Waals surface area contributed by atoms with Gasteiger partial charge in [0.15, 0.2) is 0 Å². The summed E-state index contributed by atoms with van der Waals surface area (Å²) in [6.07, 6.45) is 0. The van der Waals surface area contributed by atoms with Crippen molar-refractivity contribution in [1.82, 2.24) is 0 Å². The van der Waals surface area contributed by atoms with Gasteiger partial charge in [0.25, 0.3) is 0 Å². The molecule has 4 heteroatoms. The van der Waals surface area contributed by atoms with E-state index < -0.39 is 0 Å². The van der Waals surface area contributed by atoms with Crippen LogP contribution in [0.25, 0.3) is 0 Å². The molecule has 2 N–H and O–H groups in total. The Hall–Kier alpha value is -1.58. The van der Waals surface area contributed by atoms with E-state index in [1.54, 1.807) is 12.1 Å². The van der Waals surface area contributed by atoms with Gasteiger partial charge < -0.3 is 10.5 Å². The Morgan fingerprint density at radius 3 is 2.67 bits per heavy atom. The molecule has 0 unspecified atom stereocenters. The van der Waals surface area contributed by atoms with E-state index in [1.165, 1.54) is 12.1 Å². The summed E-state index contributed by atoms with van der Waals surface area (Å²) in [4.78, 5) is 0. The Labute approximate surface area is 110 Å². The maximum atomic E-state index is 13.1. The van der Waals surface area contributed by atoms with Gasteiger partial charge in [0, 0.05) is 12.1 Å². The van der Waals surface area contributed by atoms with Gasteiger partial charge in [-0.15, -0.1) is 0 Å². The van der Waals surface area contributed by atoms with Crippen LogP contribution in [0.2, 0.25) is 5.02 Å². The average Bonchev–Trinajstić information content (AvgIpc) is 2.36. The van der Waals surface area contributed by atoms with E-state index >= 15 is 0 Å². The Morgan fingerprint density at radius 1 is 1.17 bits per heavy atom. The molecule has 0 aromatic heterocycles. The second-order valence-electron chi connectivity index (χ2n) is 3.99. The fourth-order valence-corrected chi connectivity index (χ4v) is 1.77. The summed E-state index contributed by atoms with van der Waals surface area (Å²) >= 11 is 6.04. The molecule has 0 heterocycles. The molecule has 0 aliphatic heterocycles. The van der Waals surface area contributed by atoms with E-state index in [0.29, 0.717) is 22.1 Å². The average molecular weight is 266 g/mol. The highest BCUT2D eigenvalue weighted by molar-refractivity contribution is 6.32. The van der Waals surface area contributed by atoms with Crippen LogP contribution in [0.1, 0.15) is 11.1 Å². The second kappa shape index (κ2) is 5.38. The van der Waals surface area contributed by atoms with Gasteiger partial charge in [-0.2, -0.15) is 0 Å². The lowest BCUT2D eigenvalue weighted by molar-refractivity contribution is 0.473. The van der Waals surface area contributed by atoms with Crippen LogP contribution in [-0.2, 0) is 6.54 Å². The molecule has 18 heavy (non-hydrogen) atoms. The number of rotatable bonds is 3. The molecule has 0 bridgehead atoms. The number of benzene rings is 2. The van der Waals surface area contributed by atoms with Crippen molar-refractivity contribution in [3.05, 3.63) is 58.4 Å². The molecule has 0 fully saturated rings. The highest BCUT2D eigenvalue weighted by Gasteiger charge is 2.08. The molecule has 0 saturated heterocycles. The third kappa shape index (κ3) is 2.81. The van der Waals surface area contributed by atoms with Gasteiger partial charge in [0.2, 0.25) is 0 Å². The zero-order valence-electron chi connectivity index (χ0n) is 9.91. The molecular formula is C14H13ClFNO. The molecule has 2 nitrogen and oxygen atoms in total. The molecule has 0 aliphatic carbocycles. The van der Waals surface area contributed by atoms with Crippen molar-refractivity contribution in [3.63, 3.8) is 0 Å². The Morgan fingerprint density at radius 2 is 1.94 bits per heavy atom. The minimum absolute atomic E-state index is 0.205. The number of hydrogen-bond donors (Lipinski definition) is 1. The third-order valence-corrected chi connectivity index (χ3v) is 2.86. The molecule has 2 aromatic carbocycles. The van der Waals surface area contributed by atoms with Crippen molar-refractivity contribution in [3.8, 4) is 11.5 Å². The van der Waals surface area contributed by atoms with Crippen molar-refractivity contribution >= 4 is 11.6 Å². The monoisotopic (exact) mass is 265 g/mol. The Balaban J connectivity index is 2.36. The third-order valence-electron chi connectivity index (χ3n) is 2.55. The first-order valence-corrected chi connectivity index (χ1v) is 5.90. The van der Waals surface area contributed by atoms with Crippen LogP contribution >= 0.6 is 11.6 Å². The van der Waals surface area contributed by atoms with Gasteiger partial charge in [-0.3, -0.25) is 0 Å². The van der Waals surface area contributed by atoms with Gasteiger partial charge in [0.1, 0.15) is 17.3 Å². The lowest BCUT2D eigenvalue weighted by Gasteiger charge is -2.11. The van der Waals surface area contributed by atoms with E-state index in [4.69, 9.17) is 22.1 Å². The summed E-state index contributed by atoms with van der Waals surface area (Å²) in [6, 6.07) is 9.72. The Bertz CT molecular complexity index is 572. The van der Waals surface area contributed by atoms with Crippen molar-refractivity contribution in [2.45, 2.75) is 13.5 Å². The Kier molecular flexibility index (Phi) is 3.84. The molecule has 2 aromatic rings. The fraction of sp³-hybridized carbons (Fsp3) is 0.143. The van der Waals surface area contributed by atoms with E-state index in [9.17, 15) is 4.39 Å². The van der Waals surface area contributed by atoms with Crippen molar-refractivity contribution in [2.24, 2.45) is 5.73 Å². The van der Waals surface area contributed by atoms with Crippen molar-refractivity contribution in [2.75, 3.05) is 0 Å². The van der Waals surface area contributed by atoms with Crippen molar-refractivity contribution in [1.29, 1.82) is 0 Å². The summed E-state index contributed by atoms with van der Waals surface area (Å²) < 4.78 is 18.8. The van der Waals surface area contributed by atoms with Gasteiger partial charge in [-0.1, -0.05) is 17.7 Å². The summed E-state index contributed by atoms with van der Waals surface area (Å²) in [5, 5.41) is 0.507. The lowest BCUT2D eigenvalue weighted by atomic mass is 10.2. The maximum absolute atomic E-state index is 13.1. The zero-order chi connectivity index (χ0) is 13.1. The van der Waals surface area contributed by atoms with E-state index in [2.05, 4.69) is 0 Å². The largest absolute Gasteiger partial charge is 0.455 e. The smallest absolute Gasteiger partial charge is 0.146 e. The zero-order valence-corrected chi connectivity index (χ0v) is 10.7. The fourth-order valence-electron chi connectivity index (χ4n) is 1.61. The van der Waals surface area contributed by atoms with Crippen LogP contribution in [0.15, 0.2) is 36.4 Å². The number of aryl methyl sites for hydroxylation is 1. The predicted octanol–water partition coefficient (Wildman–Crippen LogP) is 4.04. The number of ether oxygens (including phenoxy) is 1. The van der Waals surface area contributed by atoms with Gasteiger partial charge in [0.05, 0.1) is 5.02 Å². The molecule has 94 valence electrons. The summed E-state index contributed by atoms with van der Waals surface area (Å²) in [5.74, 6) is 0.725. The van der Waals surface area contributed by atoms with Crippen LogP contribution in [0.5, 0.6) is 11.5 Å². The molecule has 0 spiro atoms. The van der Waals surface area contributed by atoms with Gasteiger partial charge in [-0.25, -0.2) is 4.39 Å². The SMILES string of the molecule is Cc1ccc(Cl)c(Oc2ccc(F)cc2CN)c1. The van der Waals surface area contributed by atoms with E-state index in [1.807, 2.05) is 19.1 Å². The molecule has 2 rings (SSSR count). The molecule has 0 atom stereocenters. The first-order chi connectivity index (χ1) is 8.60. The van der Waals surface area contributed by atoms with Crippen LogP contribution in [-0.4, -0.2) is 0 Å². The van der Waals surface area contributed by atoms with Crippen LogP contribution in [0.4, 0.5) is 4.39 Å². The summed E-state index contributed by atoms with van der Waals surface area (Å²) in [5.41, 5.74) is 7.20. The summed E-state index contributed by atoms with van der Waals surface area (Å²) in [6.45, 7) is 2.15. The predicted molar refractivity (Wildman–Crippen MR) is 70.6 cm³/mol. The summed E-state index contributed by atoms with van der Waals surface area (Å²) in [7, 11) is 0.